The standard InChI is InChI=1S/C29H48O2/c1-19(2)8-7-9-20(3)25-12-13-26-24-11-10-22-18-23(31-21(4)30)14-16-28(22,5)27(24)15-17-29(25,26)6/h14,16,19-20,22-27H,7-13,15,17-18H2,1-6H3/t20-,22+,23-,24-,25-,26-,27-,28+,29+/m1/s1. The number of allylic oxidation sites excluding steroid dienone is 1. The second-order valence-corrected chi connectivity index (χ2v) is 12.8. The van der Waals surface area contributed by atoms with E-state index in [1.165, 1.54) is 57.8 Å². The third kappa shape index (κ3) is 4.26. The monoisotopic (exact) mass is 428 g/mol. The molecule has 0 radical (unpaired) electrons. The molecule has 0 aromatic carbocycles. The van der Waals surface area contributed by atoms with Crippen LogP contribution in [0.3, 0.4) is 0 Å². The van der Waals surface area contributed by atoms with Crippen molar-refractivity contribution < 1.29 is 9.53 Å². The minimum Gasteiger partial charge on any atom is -0.458 e. The Hall–Kier alpha value is -0.790. The first-order valence-corrected chi connectivity index (χ1v) is 13.5. The molecular weight excluding hydrogens is 380 g/mol. The van der Waals surface area contributed by atoms with Crippen LogP contribution in [-0.2, 0) is 9.53 Å². The Balaban J connectivity index is 1.46. The van der Waals surface area contributed by atoms with Crippen molar-refractivity contribution in [1.82, 2.24) is 0 Å². The van der Waals surface area contributed by atoms with E-state index in [0.717, 1.165) is 41.9 Å². The Kier molecular flexibility index (Phi) is 6.68. The van der Waals surface area contributed by atoms with Crippen LogP contribution < -0.4 is 0 Å². The molecule has 0 aliphatic heterocycles. The molecule has 4 rings (SSSR count). The Morgan fingerprint density at radius 2 is 1.81 bits per heavy atom. The molecule has 4 aliphatic carbocycles. The zero-order valence-corrected chi connectivity index (χ0v) is 21.2. The molecule has 0 amide bonds. The lowest BCUT2D eigenvalue weighted by molar-refractivity contribution is -0.147. The van der Waals surface area contributed by atoms with Crippen LogP contribution in [0, 0.1) is 52.3 Å². The molecule has 2 heteroatoms. The molecule has 2 nitrogen and oxygen atoms in total. The number of fused-ring (bicyclic) bond motifs is 5. The smallest absolute Gasteiger partial charge is 0.303 e. The molecule has 3 saturated carbocycles. The summed E-state index contributed by atoms with van der Waals surface area (Å²) in [6, 6.07) is 0. The van der Waals surface area contributed by atoms with Gasteiger partial charge in [-0.25, -0.2) is 0 Å². The summed E-state index contributed by atoms with van der Waals surface area (Å²) >= 11 is 0. The highest BCUT2D eigenvalue weighted by molar-refractivity contribution is 5.66. The molecule has 0 N–H and O–H groups in total. The first-order valence-electron chi connectivity index (χ1n) is 13.5. The Bertz CT molecular complexity index is 680. The van der Waals surface area contributed by atoms with E-state index >= 15 is 0 Å². The Morgan fingerprint density at radius 1 is 1.03 bits per heavy atom. The van der Waals surface area contributed by atoms with Crippen LogP contribution >= 0.6 is 0 Å². The van der Waals surface area contributed by atoms with Gasteiger partial charge in [-0.15, -0.1) is 0 Å². The topological polar surface area (TPSA) is 26.3 Å². The number of ether oxygens (including phenoxy) is 1. The van der Waals surface area contributed by atoms with Crippen molar-refractivity contribution in [1.29, 1.82) is 0 Å². The van der Waals surface area contributed by atoms with Crippen LogP contribution in [0.25, 0.3) is 0 Å². The van der Waals surface area contributed by atoms with Gasteiger partial charge in [0.1, 0.15) is 6.10 Å². The third-order valence-corrected chi connectivity index (χ3v) is 10.7. The predicted molar refractivity (Wildman–Crippen MR) is 129 cm³/mol. The largest absolute Gasteiger partial charge is 0.458 e. The van der Waals surface area contributed by atoms with Crippen molar-refractivity contribution >= 4 is 5.97 Å². The zero-order valence-electron chi connectivity index (χ0n) is 21.2. The summed E-state index contributed by atoms with van der Waals surface area (Å²) in [6.45, 7) is 14.1. The number of hydrogen-bond acceptors (Lipinski definition) is 2. The summed E-state index contributed by atoms with van der Waals surface area (Å²) in [5.41, 5.74) is 0.877. The highest BCUT2D eigenvalue weighted by atomic mass is 16.5. The molecular formula is C29H48O2. The molecule has 176 valence electrons. The second kappa shape index (κ2) is 8.86. The highest BCUT2D eigenvalue weighted by Gasteiger charge is 2.60. The summed E-state index contributed by atoms with van der Waals surface area (Å²) in [6.07, 6.45) is 18.5. The number of rotatable bonds is 6. The maximum Gasteiger partial charge on any atom is 0.303 e. The molecule has 9 atom stereocenters. The lowest BCUT2D eigenvalue weighted by atomic mass is 9.45. The van der Waals surface area contributed by atoms with Gasteiger partial charge < -0.3 is 4.74 Å². The molecule has 0 bridgehead atoms. The van der Waals surface area contributed by atoms with E-state index in [1.807, 2.05) is 0 Å². The highest BCUT2D eigenvalue weighted by Crippen LogP contribution is 2.67. The fourth-order valence-electron chi connectivity index (χ4n) is 9.10. The number of carbonyl (C=O) groups is 1. The fourth-order valence-corrected chi connectivity index (χ4v) is 9.10. The van der Waals surface area contributed by atoms with Crippen LogP contribution in [0.15, 0.2) is 12.2 Å². The molecule has 3 fully saturated rings. The van der Waals surface area contributed by atoms with Gasteiger partial charge in [-0.05, 0) is 103 Å². The molecule has 0 aromatic rings. The van der Waals surface area contributed by atoms with Crippen LogP contribution in [0.5, 0.6) is 0 Å². The molecule has 0 saturated heterocycles. The van der Waals surface area contributed by atoms with Crippen LogP contribution in [0.2, 0.25) is 0 Å². The van der Waals surface area contributed by atoms with Crippen molar-refractivity contribution in [3.05, 3.63) is 12.2 Å². The molecule has 0 heterocycles. The van der Waals surface area contributed by atoms with Gasteiger partial charge in [0.15, 0.2) is 0 Å². The van der Waals surface area contributed by atoms with Crippen molar-refractivity contribution in [2.45, 2.75) is 112 Å². The SMILES string of the molecule is CC(=O)O[C@@H]1C=C[C@@]2(C)[C@@H](CC[C@H]3[C@H]2CC[C@]2(C)[C@@H]3CC[C@@H]2[C@H](C)CCCC(C)C)C1. The summed E-state index contributed by atoms with van der Waals surface area (Å²) in [7, 11) is 0. The minimum absolute atomic E-state index is 0.00327. The van der Waals surface area contributed by atoms with E-state index in [0.29, 0.717) is 16.7 Å². The van der Waals surface area contributed by atoms with Crippen molar-refractivity contribution in [3.8, 4) is 0 Å². The first kappa shape index (κ1) is 23.4. The average Bonchev–Trinajstić information content (AvgIpc) is 3.05. The Labute approximate surface area is 192 Å². The van der Waals surface area contributed by atoms with Gasteiger partial charge in [0, 0.05) is 6.92 Å². The van der Waals surface area contributed by atoms with Gasteiger partial charge in [-0.2, -0.15) is 0 Å². The third-order valence-electron chi connectivity index (χ3n) is 10.7. The van der Waals surface area contributed by atoms with Crippen LogP contribution in [0.4, 0.5) is 0 Å². The van der Waals surface area contributed by atoms with E-state index in [4.69, 9.17) is 4.74 Å². The van der Waals surface area contributed by atoms with Gasteiger partial charge in [0.25, 0.3) is 0 Å². The minimum atomic E-state index is -0.139. The molecule has 0 spiro atoms. The van der Waals surface area contributed by atoms with Crippen LogP contribution in [0.1, 0.15) is 106 Å². The fraction of sp³-hybridized carbons (Fsp3) is 0.897. The van der Waals surface area contributed by atoms with Gasteiger partial charge in [0.05, 0.1) is 0 Å². The maximum atomic E-state index is 11.5. The quantitative estimate of drug-likeness (QED) is 0.318. The first-order chi connectivity index (χ1) is 14.6. The lowest BCUT2D eigenvalue weighted by Gasteiger charge is -2.59. The van der Waals surface area contributed by atoms with Crippen LogP contribution in [-0.4, -0.2) is 12.1 Å². The van der Waals surface area contributed by atoms with Crippen molar-refractivity contribution in [2.24, 2.45) is 52.3 Å². The number of esters is 1. The van der Waals surface area contributed by atoms with E-state index in [9.17, 15) is 4.79 Å². The summed E-state index contributed by atoms with van der Waals surface area (Å²) < 4.78 is 5.57. The van der Waals surface area contributed by atoms with Gasteiger partial charge >= 0.3 is 5.97 Å². The summed E-state index contributed by atoms with van der Waals surface area (Å²) in [5, 5.41) is 0. The van der Waals surface area contributed by atoms with Gasteiger partial charge in [-0.1, -0.05) is 60.0 Å². The molecule has 31 heavy (non-hydrogen) atoms. The van der Waals surface area contributed by atoms with Gasteiger partial charge in [0.2, 0.25) is 0 Å². The van der Waals surface area contributed by atoms with E-state index < -0.39 is 0 Å². The summed E-state index contributed by atoms with van der Waals surface area (Å²) in [5.74, 6) is 5.87. The van der Waals surface area contributed by atoms with E-state index in [1.54, 1.807) is 6.92 Å². The maximum absolute atomic E-state index is 11.5. The normalized spacial score (nSPS) is 45.0. The number of hydrogen-bond donors (Lipinski definition) is 0. The number of carbonyl (C=O) groups excluding carboxylic acids is 1. The van der Waals surface area contributed by atoms with E-state index in [-0.39, 0.29) is 12.1 Å². The molecule has 4 aliphatic rings. The predicted octanol–water partition coefficient (Wildman–Crippen LogP) is 7.82. The Morgan fingerprint density at radius 3 is 2.52 bits per heavy atom. The molecule has 0 aromatic heterocycles. The lowest BCUT2D eigenvalue weighted by Crippen LogP contribution is -2.53. The van der Waals surface area contributed by atoms with E-state index in [2.05, 4.69) is 46.8 Å². The zero-order chi connectivity index (χ0) is 22.4. The second-order valence-electron chi connectivity index (χ2n) is 12.8. The van der Waals surface area contributed by atoms with Gasteiger partial charge in [-0.3, -0.25) is 4.79 Å². The average molecular weight is 429 g/mol. The van der Waals surface area contributed by atoms with Crippen molar-refractivity contribution in [2.75, 3.05) is 0 Å². The molecule has 0 unspecified atom stereocenters. The summed E-state index contributed by atoms with van der Waals surface area (Å²) in [4.78, 5) is 11.5. The van der Waals surface area contributed by atoms with Crippen molar-refractivity contribution in [3.63, 3.8) is 0 Å².